The van der Waals surface area contributed by atoms with Crippen molar-refractivity contribution in [3.63, 3.8) is 0 Å². The Bertz CT molecular complexity index is 1230. The molecule has 0 bridgehead atoms. The normalized spacial score (nSPS) is 16.0. The molecule has 0 aromatic heterocycles. The van der Waals surface area contributed by atoms with Gasteiger partial charge in [0.2, 0.25) is 0 Å². The van der Waals surface area contributed by atoms with Crippen LogP contribution in [0.4, 0.5) is 5.69 Å². The minimum atomic E-state index is -0.458. The van der Waals surface area contributed by atoms with E-state index in [9.17, 15) is 4.79 Å². The Balaban J connectivity index is 1.85. The van der Waals surface area contributed by atoms with Gasteiger partial charge in [0.05, 0.1) is 18.7 Å². The van der Waals surface area contributed by atoms with Crippen molar-refractivity contribution < 1.29 is 9.53 Å². The smallest absolute Gasteiger partial charge is 0.255 e. The van der Waals surface area contributed by atoms with E-state index in [1.54, 1.807) is 7.11 Å². The Kier molecular flexibility index (Phi) is 5.65. The molecule has 0 fully saturated rings. The summed E-state index contributed by atoms with van der Waals surface area (Å²) in [5.41, 5.74) is 5.13. The van der Waals surface area contributed by atoms with Gasteiger partial charge in [-0.15, -0.1) is 0 Å². The number of benzene rings is 3. The SMILES string of the molecule is COc1ccc2ccccc2c1[C@@H]1NC(=S)NC(C)=C1C(=O)Nc1cccc(C)c1C. The number of allylic oxidation sites excluding steroid dienone is 1. The van der Waals surface area contributed by atoms with Crippen molar-refractivity contribution >= 4 is 39.7 Å². The Morgan fingerprint density at radius 2 is 1.81 bits per heavy atom. The molecule has 1 aliphatic rings. The van der Waals surface area contributed by atoms with E-state index in [-0.39, 0.29) is 5.91 Å². The third kappa shape index (κ3) is 3.86. The van der Waals surface area contributed by atoms with Crippen LogP contribution in [0.2, 0.25) is 0 Å². The summed E-state index contributed by atoms with van der Waals surface area (Å²) in [6.07, 6.45) is 0. The van der Waals surface area contributed by atoms with Crippen LogP contribution in [0.25, 0.3) is 10.8 Å². The molecular formula is C25H25N3O2S. The van der Waals surface area contributed by atoms with E-state index in [2.05, 4.69) is 16.0 Å². The highest BCUT2D eigenvalue weighted by Crippen LogP contribution is 2.38. The molecule has 0 unspecified atom stereocenters. The summed E-state index contributed by atoms with van der Waals surface area (Å²) in [6.45, 7) is 5.90. The highest BCUT2D eigenvalue weighted by Gasteiger charge is 2.33. The second kappa shape index (κ2) is 8.40. The lowest BCUT2D eigenvalue weighted by Gasteiger charge is -2.32. The fourth-order valence-corrected chi connectivity index (χ4v) is 4.31. The number of rotatable bonds is 4. The Hall–Kier alpha value is -3.38. The van der Waals surface area contributed by atoms with Crippen LogP contribution in [-0.2, 0) is 4.79 Å². The Morgan fingerprint density at radius 1 is 1.03 bits per heavy atom. The molecule has 1 aliphatic heterocycles. The molecule has 4 rings (SSSR count). The minimum Gasteiger partial charge on any atom is -0.496 e. The third-order valence-electron chi connectivity index (χ3n) is 5.81. The number of hydrogen-bond donors (Lipinski definition) is 3. The van der Waals surface area contributed by atoms with Gasteiger partial charge in [-0.1, -0.05) is 42.5 Å². The van der Waals surface area contributed by atoms with Crippen LogP contribution in [0, 0.1) is 13.8 Å². The van der Waals surface area contributed by atoms with Crippen LogP contribution in [0.15, 0.2) is 65.9 Å². The number of thiocarbonyl (C=S) groups is 1. The van der Waals surface area contributed by atoms with Crippen molar-refractivity contribution in [3.8, 4) is 5.75 Å². The topological polar surface area (TPSA) is 62.4 Å². The van der Waals surface area contributed by atoms with E-state index in [4.69, 9.17) is 17.0 Å². The molecule has 3 aromatic carbocycles. The summed E-state index contributed by atoms with van der Waals surface area (Å²) in [6, 6.07) is 17.4. The van der Waals surface area contributed by atoms with E-state index in [1.165, 1.54) is 0 Å². The molecular weight excluding hydrogens is 406 g/mol. The molecule has 3 aromatic rings. The molecule has 1 amide bonds. The van der Waals surface area contributed by atoms with Gasteiger partial charge in [0.15, 0.2) is 5.11 Å². The molecule has 6 heteroatoms. The number of ether oxygens (including phenoxy) is 1. The summed E-state index contributed by atoms with van der Waals surface area (Å²) < 4.78 is 5.70. The van der Waals surface area contributed by atoms with E-state index in [1.807, 2.05) is 75.4 Å². The molecule has 0 aliphatic carbocycles. The highest BCUT2D eigenvalue weighted by atomic mass is 32.1. The third-order valence-corrected chi connectivity index (χ3v) is 6.03. The van der Waals surface area contributed by atoms with Gasteiger partial charge < -0.3 is 20.7 Å². The largest absolute Gasteiger partial charge is 0.496 e. The predicted molar refractivity (Wildman–Crippen MR) is 129 cm³/mol. The molecule has 5 nitrogen and oxygen atoms in total. The van der Waals surface area contributed by atoms with Crippen LogP contribution < -0.4 is 20.7 Å². The van der Waals surface area contributed by atoms with E-state index >= 15 is 0 Å². The first kappa shape index (κ1) is 20.9. The molecule has 31 heavy (non-hydrogen) atoms. The van der Waals surface area contributed by atoms with Crippen LogP contribution in [0.5, 0.6) is 5.75 Å². The number of carbonyl (C=O) groups excluding carboxylic acids is 1. The van der Waals surface area contributed by atoms with Crippen molar-refractivity contribution in [2.24, 2.45) is 0 Å². The molecule has 1 atom stereocenters. The van der Waals surface area contributed by atoms with Crippen molar-refractivity contribution in [3.05, 3.63) is 82.6 Å². The maximum absolute atomic E-state index is 13.5. The number of anilines is 1. The highest BCUT2D eigenvalue weighted by molar-refractivity contribution is 7.80. The number of carbonyl (C=O) groups is 1. The zero-order chi connectivity index (χ0) is 22.1. The first-order valence-corrected chi connectivity index (χ1v) is 10.5. The summed E-state index contributed by atoms with van der Waals surface area (Å²) in [7, 11) is 1.64. The van der Waals surface area contributed by atoms with Crippen LogP contribution in [0.3, 0.4) is 0 Å². The average Bonchev–Trinajstić information content (AvgIpc) is 2.75. The average molecular weight is 432 g/mol. The van der Waals surface area contributed by atoms with Crippen LogP contribution >= 0.6 is 12.2 Å². The minimum absolute atomic E-state index is 0.186. The van der Waals surface area contributed by atoms with E-state index < -0.39 is 6.04 Å². The quantitative estimate of drug-likeness (QED) is 0.513. The number of hydrogen-bond acceptors (Lipinski definition) is 3. The van der Waals surface area contributed by atoms with Crippen molar-refractivity contribution in [1.82, 2.24) is 10.6 Å². The number of methoxy groups -OCH3 is 1. The molecule has 1 heterocycles. The lowest BCUT2D eigenvalue weighted by Crippen LogP contribution is -2.46. The lowest BCUT2D eigenvalue weighted by molar-refractivity contribution is -0.113. The summed E-state index contributed by atoms with van der Waals surface area (Å²) in [5, 5.41) is 12.0. The van der Waals surface area contributed by atoms with Gasteiger partial charge in [-0.3, -0.25) is 4.79 Å². The lowest BCUT2D eigenvalue weighted by atomic mass is 9.90. The van der Waals surface area contributed by atoms with Crippen molar-refractivity contribution in [2.45, 2.75) is 26.8 Å². The monoisotopic (exact) mass is 431 g/mol. The molecule has 0 radical (unpaired) electrons. The van der Waals surface area contributed by atoms with Gasteiger partial charge in [0.1, 0.15) is 5.75 Å². The van der Waals surface area contributed by atoms with Gasteiger partial charge in [-0.2, -0.15) is 0 Å². The van der Waals surface area contributed by atoms with E-state index in [0.29, 0.717) is 22.1 Å². The molecule has 0 saturated heterocycles. The van der Waals surface area contributed by atoms with Crippen LogP contribution in [-0.4, -0.2) is 18.1 Å². The first-order chi connectivity index (χ1) is 14.9. The van der Waals surface area contributed by atoms with Gasteiger partial charge in [-0.25, -0.2) is 0 Å². The fourth-order valence-electron chi connectivity index (χ4n) is 4.04. The second-order valence-electron chi connectivity index (χ2n) is 7.67. The summed E-state index contributed by atoms with van der Waals surface area (Å²) in [4.78, 5) is 13.5. The number of aryl methyl sites for hydroxylation is 1. The second-order valence-corrected chi connectivity index (χ2v) is 8.08. The zero-order valence-electron chi connectivity index (χ0n) is 18.0. The predicted octanol–water partition coefficient (Wildman–Crippen LogP) is 4.90. The van der Waals surface area contributed by atoms with Crippen molar-refractivity contribution in [1.29, 1.82) is 0 Å². The molecule has 3 N–H and O–H groups in total. The Morgan fingerprint density at radius 3 is 2.58 bits per heavy atom. The van der Waals surface area contributed by atoms with Crippen LogP contribution in [0.1, 0.15) is 29.7 Å². The number of amides is 1. The maximum atomic E-state index is 13.5. The molecule has 158 valence electrons. The molecule has 0 saturated carbocycles. The summed E-state index contributed by atoms with van der Waals surface area (Å²) >= 11 is 5.44. The maximum Gasteiger partial charge on any atom is 0.255 e. The molecule has 0 spiro atoms. The Labute approximate surface area is 187 Å². The van der Waals surface area contributed by atoms with Gasteiger partial charge in [0, 0.05) is 16.9 Å². The zero-order valence-corrected chi connectivity index (χ0v) is 18.8. The summed E-state index contributed by atoms with van der Waals surface area (Å²) in [5.74, 6) is 0.513. The van der Waals surface area contributed by atoms with Crippen molar-refractivity contribution in [2.75, 3.05) is 12.4 Å². The van der Waals surface area contributed by atoms with Gasteiger partial charge in [0.25, 0.3) is 5.91 Å². The number of nitrogens with one attached hydrogen (secondary N) is 3. The first-order valence-electron chi connectivity index (χ1n) is 10.1. The standard InChI is InChI=1S/C25H25N3O2S/c1-14-8-7-11-19(15(14)2)27-24(29)21-16(3)26-25(31)28-23(21)22-18-10-6-5-9-17(18)12-13-20(22)30-4/h5-13,23H,1-4H3,(H,27,29)(H2,26,28,31)/t23-/m1/s1. The van der Waals surface area contributed by atoms with E-state index in [0.717, 1.165) is 33.2 Å². The van der Waals surface area contributed by atoms with Gasteiger partial charge >= 0.3 is 0 Å². The number of fused-ring (bicyclic) bond motifs is 1. The fraction of sp³-hybridized carbons (Fsp3) is 0.200. The van der Waals surface area contributed by atoms with Gasteiger partial charge in [-0.05, 0) is 67.0 Å².